The minimum Gasteiger partial charge on any atom is -0.480 e. The number of aliphatic carboxylic acids is 1. The maximum atomic E-state index is 13.4. The molecule has 0 fully saturated rings. The lowest BCUT2D eigenvalue weighted by Gasteiger charge is -2.16. The molecule has 22 heavy (non-hydrogen) atoms. The Kier molecular flexibility index (Phi) is 5.56. The van der Waals surface area contributed by atoms with Gasteiger partial charge in [-0.05, 0) is 31.4 Å². The summed E-state index contributed by atoms with van der Waals surface area (Å²) in [6.45, 7) is 4.86. The monoisotopic (exact) mass is 312 g/mol. The van der Waals surface area contributed by atoms with Crippen LogP contribution in [0.1, 0.15) is 36.2 Å². The maximum Gasteiger partial charge on any atom is 0.326 e. The number of nitrogens with zero attached hydrogens (tertiary/aromatic N) is 1. The number of carboxylic acid groups (broad SMARTS) is 1. The smallest absolute Gasteiger partial charge is 0.326 e. The Labute approximate surface area is 126 Å². The highest BCUT2D eigenvalue weighted by atomic mass is 19.1. The molecule has 0 spiro atoms. The van der Waals surface area contributed by atoms with Crippen LogP contribution in [0.25, 0.3) is 0 Å². The predicted octanol–water partition coefficient (Wildman–Crippen LogP) is 2.27. The summed E-state index contributed by atoms with van der Waals surface area (Å²) < 4.78 is 13.4. The van der Waals surface area contributed by atoms with Crippen molar-refractivity contribution in [3.05, 3.63) is 39.2 Å². The summed E-state index contributed by atoms with van der Waals surface area (Å²) in [4.78, 5) is 33.5. The summed E-state index contributed by atoms with van der Waals surface area (Å²) in [5.74, 6) is -3.05. The van der Waals surface area contributed by atoms with Gasteiger partial charge in [0, 0.05) is 5.56 Å². The Balaban J connectivity index is 3.17. The van der Waals surface area contributed by atoms with Gasteiger partial charge < -0.3 is 10.4 Å². The van der Waals surface area contributed by atoms with Crippen LogP contribution < -0.4 is 5.32 Å². The van der Waals surface area contributed by atoms with Crippen molar-refractivity contribution in [2.24, 2.45) is 5.92 Å². The van der Waals surface area contributed by atoms with Gasteiger partial charge in [0.25, 0.3) is 11.6 Å². The fraction of sp³-hybridized carbons (Fsp3) is 0.429. The van der Waals surface area contributed by atoms with E-state index in [1.54, 1.807) is 13.8 Å². The highest BCUT2D eigenvalue weighted by Gasteiger charge is 2.28. The molecule has 2 N–H and O–H groups in total. The lowest BCUT2D eigenvalue weighted by molar-refractivity contribution is -0.385. The number of hydrogen-bond acceptors (Lipinski definition) is 4. The quantitative estimate of drug-likeness (QED) is 0.618. The number of nitro benzene ring substituents is 1. The zero-order valence-corrected chi connectivity index (χ0v) is 12.4. The van der Waals surface area contributed by atoms with Crippen LogP contribution in [0.5, 0.6) is 0 Å². The number of carbonyl (C=O) groups is 2. The van der Waals surface area contributed by atoms with Crippen molar-refractivity contribution in [2.45, 2.75) is 33.2 Å². The molecule has 1 rings (SSSR count). The first-order chi connectivity index (χ1) is 10.1. The maximum absolute atomic E-state index is 13.4. The zero-order valence-electron chi connectivity index (χ0n) is 12.4. The third-order valence-electron chi connectivity index (χ3n) is 3.00. The van der Waals surface area contributed by atoms with E-state index in [-0.39, 0.29) is 17.9 Å². The molecule has 120 valence electrons. The number of amides is 1. The van der Waals surface area contributed by atoms with Gasteiger partial charge in [0.2, 0.25) is 0 Å². The molecule has 0 unspecified atom stereocenters. The van der Waals surface area contributed by atoms with Gasteiger partial charge in [-0.2, -0.15) is 0 Å². The van der Waals surface area contributed by atoms with Crippen molar-refractivity contribution in [3.8, 4) is 0 Å². The number of halogens is 1. The van der Waals surface area contributed by atoms with Crippen LogP contribution in [0, 0.1) is 28.8 Å². The average molecular weight is 312 g/mol. The van der Waals surface area contributed by atoms with E-state index in [9.17, 15) is 24.1 Å². The van der Waals surface area contributed by atoms with Crippen molar-refractivity contribution < 1.29 is 24.0 Å². The number of benzene rings is 1. The molecule has 0 aliphatic rings. The number of rotatable bonds is 6. The summed E-state index contributed by atoms with van der Waals surface area (Å²) in [6, 6.07) is 0.475. The van der Waals surface area contributed by atoms with Gasteiger partial charge in [0.05, 0.1) is 4.92 Å². The average Bonchev–Trinajstić information content (AvgIpc) is 2.35. The Bertz CT molecular complexity index is 615. The van der Waals surface area contributed by atoms with Crippen LogP contribution in [-0.4, -0.2) is 27.9 Å². The third-order valence-corrected chi connectivity index (χ3v) is 3.00. The molecule has 0 aliphatic heterocycles. The Hall–Kier alpha value is -2.51. The van der Waals surface area contributed by atoms with E-state index in [4.69, 9.17) is 5.11 Å². The van der Waals surface area contributed by atoms with Crippen LogP contribution in [0.15, 0.2) is 12.1 Å². The molecule has 8 heteroatoms. The molecule has 0 radical (unpaired) electrons. The van der Waals surface area contributed by atoms with E-state index in [1.165, 1.54) is 6.92 Å². The van der Waals surface area contributed by atoms with Gasteiger partial charge in [-0.3, -0.25) is 14.9 Å². The second-order valence-corrected chi connectivity index (χ2v) is 5.37. The molecule has 0 heterocycles. The molecular formula is C14H17FN2O5. The standard InChI is InChI=1S/C14H17FN2O5/c1-7(2)4-11(14(19)20)16-13(18)10-6-9(15)5-8(3)12(10)17(21)22/h5-7,11H,4H2,1-3H3,(H,16,18)(H,19,20)/t11-/m1/s1. The lowest BCUT2D eigenvalue weighted by atomic mass is 10.0. The van der Waals surface area contributed by atoms with Crippen LogP contribution in [0.2, 0.25) is 0 Å². The molecule has 0 aliphatic carbocycles. The second kappa shape index (κ2) is 6.97. The fourth-order valence-corrected chi connectivity index (χ4v) is 2.08. The van der Waals surface area contributed by atoms with Crippen LogP contribution in [0.3, 0.4) is 0 Å². The van der Waals surface area contributed by atoms with Crippen LogP contribution in [-0.2, 0) is 4.79 Å². The van der Waals surface area contributed by atoms with Crippen LogP contribution in [0.4, 0.5) is 10.1 Å². The molecule has 7 nitrogen and oxygen atoms in total. The Morgan fingerprint density at radius 3 is 2.45 bits per heavy atom. The minimum atomic E-state index is -1.25. The van der Waals surface area contributed by atoms with Gasteiger partial charge in [-0.1, -0.05) is 13.8 Å². The van der Waals surface area contributed by atoms with Crippen LogP contribution >= 0.6 is 0 Å². The number of nitrogens with one attached hydrogen (secondary N) is 1. The second-order valence-electron chi connectivity index (χ2n) is 5.37. The van der Waals surface area contributed by atoms with Crippen molar-refractivity contribution in [3.63, 3.8) is 0 Å². The van der Waals surface area contributed by atoms with E-state index < -0.39 is 39.9 Å². The predicted molar refractivity (Wildman–Crippen MR) is 76.1 cm³/mol. The fourth-order valence-electron chi connectivity index (χ4n) is 2.08. The number of aryl methyl sites for hydroxylation is 1. The van der Waals surface area contributed by atoms with E-state index in [0.717, 1.165) is 12.1 Å². The van der Waals surface area contributed by atoms with Crippen molar-refractivity contribution in [1.29, 1.82) is 0 Å². The largest absolute Gasteiger partial charge is 0.480 e. The molecular weight excluding hydrogens is 295 g/mol. The number of carbonyl (C=O) groups excluding carboxylic acids is 1. The summed E-state index contributed by atoms with van der Waals surface area (Å²) >= 11 is 0. The summed E-state index contributed by atoms with van der Waals surface area (Å²) in [5, 5.41) is 22.3. The van der Waals surface area contributed by atoms with Gasteiger partial charge >= 0.3 is 5.97 Å². The lowest BCUT2D eigenvalue weighted by Crippen LogP contribution is -2.41. The van der Waals surface area contributed by atoms with Crippen molar-refractivity contribution >= 4 is 17.6 Å². The molecule has 0 aromatic heterocycles. The van der Waals surface area contributed by atoms with E-state index in [1.807, 2.05) is 0 Å². The molecule has 1 aromatic carbocycles. The topological polar surface area (TPSA) is 110 Å². The van der Waals surface area contributed by atoms with Gasteiger partial charge in [-0.15, -0.1) is 0 Å². The first kappa shape index (κ1) is 17.5. The molecule has 0 bridgehead atoms. The zero-order chi connectivity index (χ0) is 17.0. The van der Waals surface area contributed by atoms with E-state index >= 15 is 0 Å². The first-order valence-corrected chi connectivity index (χ1v) is 6.61. The first-order valence-electron chi connectivity index (χ1n) is 6.61. The highest BCUT2D eigenvalue weighted by Crippen LogP contribution is 2.25. The Morgan fingerprint density at radius 1 is 1.41 bits per heavy atom. The number of hydrogen-bond donors (Lipinski definition) is 2. The highest BCUT2D eigenvalue weighted by molar-refractivity contribution is 6.00. The molecule has 0 saturated heterocycles. The van der Waals surface area contributed by atoms with Gasteiger partial charge in [-0.25, -0.2) is 9.18 Å². The minimum absolute atomic E-state index is 0.00844. The van der Waals surface area contributed by atoms with E-state index in [2.05, 4.69) is 5.32 Å². The molecule has 1 aromatic rings. The number of nitro groups is 1. The number of carboxylic acids is 1. The summed E-state index contributed by atoms with van der Waals surface area (Å²) in [7, 11) is 0. The van der Waals surface area contributed by atoms with Crippen molar-refractivity contribution in [2.75, 3.05) is 0 Å². The summed E-state index contributed by atoms with van der Waals surface area (Å²) in [6.07, 6.45) is 0.156. The normalized spacial score (nSPS) is 12.0. The van der Waals surface area contributed by atoms with Gasteiger partial charge in [0.1, 0.15) is 17.4 Å². The summed E-state index contributed by atoms with van der Waals surface area (Å²) in [5.41, 5.74) is -1.03. The Morgan fingerprint density at radius 2 is 2.00 bits per heavy atom. The molecule has 1 atom stereocenters. The van der Waals surface area contributed by atoms with E-state index in [0.29, 0.717) is 0 Å². The SMILES string of the molecule is Cc1cc(F)cc(C(=O)N[C@H](CC(C)C)C(=O)O)c1[N+](=O)[O-]. The third kappa shape index (κ3) is 4.24. The molecule has 0 saturated carbocycles. The van der Waals surface area contributed by atoms with Gasteiger partial charge in [0.15, 0.2) is 0 Å². The van der Waals surface area contributed by atoms with Crippen molar-refractivity contribution in [1.82, 2.24) is 5.32 Å². The molecule has 1 amide bonds.